The predicted octanol–water partition coefficient (Wildman–Crippen LogP) is 3.30. The fourth-order valence-corrected chi connectivity index (χ4v) is 2.17. The van der Waals surface area contributed by atoms with Crippen molar-refractivity contribution in [1.29, 1.82) is 0 Å². The first-order valence-corrected chi connectivity index (χ1v) is 7.31. The lowest BCUT2D eigenvalue weighted by Crippen LogP contribution is -2.10. The molecule has 1 amide bonds. The van der Waals surface area contributed by atoms with Gasteiger partial charge in [-0.05, 0) is 36.6 Å². The number of aromatic nitrogens is 2. The van der Waals surface area contributed by atoms with Gasteiger partial charge in [0, 0.05) is 10.5 Å². The molecule has 0 bridgehead atoms. The molecule has 3 rings (SSSR count). The minimum atomic E-state index is -0.437. The Morgan fingerprint density at radius 3 is 2.90 bits per heavy atom. The van der Waals surface area contributed by atoms with Gasteiger partial charge in [-0.15, -0.1) is 16.9 Å². The number of rotatable bonds is 4. The van der Waals surface area contributed by atoms with E-state index in [4.69, 9.17) is 8.83 Å². The van der Waals surface area contributed by atoms with Crippen molar-refractivity contribution < 1.29 is 13.6 Å². The van der Waals surface area contributed by atoms with Crippen LogP contribution in [0.25, 0.3) is 11.5 Å². The van der Waals surface area contributed by atoms with Crippen LogP contribution in [0, 0.1) is 0 Å². The van der Waals surface area contributed by atoms with Crippen LogP contribution in [0.2, 0.25) is 0 Å². The number of carbonyl (C=O) groups is 1. The van der Waals surface area contributed by atoms with E-state index < -0.39 is 5.91 Å². The van der Waals surface area contributed by atoms with Crippen LogP contribution in [0.4, 0.5) is 6.01 Å². The molecule has 0 saturated carbocycles. The largest absolute Gasteiger partial charge is 0.459 e. The zero-order chi connectivity index (χ0) is 14.7. The highest BCUT2D eigenvalue weighted by molar-refractivity contribution is 7.98. The Morgan fingerprint density at radius 1 is 1.24 bits per heavy atom. The Labute approximate surface area is 124 Å². The van der Waals surface area contributed by atoms with Crippen molar-refractivity contribution in [3.63, 3.8) is 0 Å². The molecule has 0 saturated heterocycles. The van der Waals surface area contributed by atoms with Crippen LogP contribution >= 0.6 is 11.8 Å². The Morgan fingerprint density at radius 2 is 2.14 bits per heavy atom. The molecule has 1 aromatic carbocycles. The van der Waals surface area contributed by atoms with Gasteiger partial charge in [0.1, 0.15) is 0 Å². The summed E-state index contributed by atoms with van der Waals surface area (Å²) in [6, 6.07) is 10.9. The van der Waals surface area contributed by atoms with Crippen molar-refractivity contribution in [1.82, 2.24) is 10.2 Å². The lowest BCUT2D eigenvalue weighted by atomic mass is 10.2. The molecule has 3 aromatic rings. The number of furan rings is 1. The number of carbonyl (C=O) groups excluding carboxylic acids is 1. The van der Waals surface area contributed by atoms with Gasteiger partial charge in [-0.25, -0.2) is 0 Å². The number of benzene rings is 1. The van der Waals surface area contributed by atoms with E-state index in [9.17, 15) is 4.79 Å². The van der Waals surface area contributed by atoms with E-state index >= 15 is 0 Å². The third-order valence-corrected chi connectivity index (χ3v) is 3.43. The van der Waals surface area contributed by atoms with Crippen molar-refractivity contribution >= 4 is 23.7 Å². The van der Waals surface area contributed by atoms with E-state index in [1.807, 2.05) is 30.5 Å². The Balaban J connectivity index is 1.78. The zero-order valence-corrected chi connectivity index (χ0v) is 11.9. The number of anilines is 1. The standard InChI is InChI=1S/C14H11N3O3S/c1-21-10-5-2-4-9(8-10)13-16-17-14(20-13)15-12(18)11-6-3-7-19-11/h2-8H,1H3,(H,15,17,18). The first-order chi connectivity index (χ1) is 10.3. The Hall–Kier alpha value is -2.54. The molecule has 0 spiro atoms. The average molecular weight is 301 g/mol. The summed E-state index contributed by atoms with van der Waals surface area (Å²) in [5, 5.41) is 10.2. The minimum absolute atomic E-state index is 0.0287. The van der Waals surface area contributed by atoms with E-state index in [0.717, 1.165) is 10.5 Å². The Kier molecular flexibility index (Phi) is 3.74. The van der Waals surface area contributed by atoms with Crippen molar-refractivity contribution in [3.8, 4) is 11.5 Å². The summed E-state index contributed by atoms with van der Waals surface area (Å²) in [5.41, 5.74) is 0.799. The quantitative estimate of drug-likeness (QED) is 0.745. The van der Waals surface area contributed by atoms with Crippen LogP contribution in [0.15, 0.2) is 56.4 Å². The summed E-state index contributed by atoms with van der Waals surface area (Å²) in [6.45, 7) is 0. The molecule has 0 aliphatic carbocycles. The van der Waals surface area contributed by atoms with Gasteiger partial charge in [-0.1, -0.05) is 11.2 Å². The van der Waals surface area contributed by atoms with Gasteiger partial charge in [0.05, 0.1) is 6.26 Å². The smallest absolute Gasteiger partial charge is 0.322 e. The zero-order valence-electron chi connectivity index (χ0n) is 11.1. The van der Waals surface area contributed by atoms with Gasteiger partial charge in [0.2, 0.25) is 5.89 Å². The van der Waals surface area contributed by atoms with E-state index in [1.165, 1.54) is 6.26 Å². The highest BCUT2D eigenvalue weighted by atomic mass is 32.2. The monoisotopic (exact) mass is 301 g/mol. The van der Waals surface area contributed by atoms with Crippen LogP contribution in [-0.2, 0) is 0 Å². The molecule has 2 heterocycles. The van der Waals surface area contributed by atoms with Gasteiger partial charge in [-0.3, -0.25) is 10.1 Å². The van der Waals surface area contributed by atoms with E-state index in [2.05, 4.69) is 15.5 Å². The number of thioether (sulfide) groups is 1. The summed E-state index contributed by atoms with van der Waals surface area (Å²) in [4.78, 5) is 12.9. The molecule has 2 aromatic heterocycles. The van der Waals surface area contributed by atoms with Crippen LogP contribution in [-0.4, -0.2) is 22.4 Å². The number of hydrogen-bond donors (Lipinski definition) is 1. The van der Waals surface area contributed by atoms with Gasteiger partial charge >= 0.3 is 6.01 Å². The van der Waals surface area contributed by atoms with Crippen molar-refractivity contribution in [2.45, 2.75) is 4.90 Å². The first kappa shape index (κ1) is 13.4. The van der Waals surface area contributed by atoms with Crippen molar-refractivity contribution in [2.24, 2.45) is 0 Å². The maximum absolute atomic E-state index is 11.8. The number of nitrogens with one attached hydrogen (secondary N) is 1. The first-order valence-electron chi connectivity index (χ1n) is 6.09. The number of hydrogen-bond acceptors (Lipinski definition) is 6. The minimum Gasteiger partial charge on any atom is -0.459 e. The highest BCUT2D eigenvalue weighted by Gasteiger charge is 2.14. The van der Waals surface area contributed by atoms with Gasteiger partial charge < -0.3 is 8.83 Å². The maximum Gasteiger partial charge on any atom is 0.322 e. The van der Waals surface area contributed by atoms with Crippen LogP contribution in [0.5, 0.6) is 0 Å². The van der Waals surface area contributed by atoms with E-state index in [0.29, 0.717) is 5.89 Å². The second kappa shape index (κ2) is 5.84. The SMILES string of the molecule is CSc1cccc(-c2nnc(NC(=O)c3ccco3)o2)c1. The van der Waals surface area contributed by atoms with Gasteiger partial charge in [-0.2, -0.15) is 0 Å². The van der Waals surface area contributed by atoms with Crippen LogP contribution in [0.1, 0.15) is 10.6 Å². The molecule has 0 atom stereocenters. The Bertz CT molecular complexity index is 752. The molecule has 7 heteroatoms. The fraction of sp³-hybridized carbons (Fsp3) is 0.0714. The second-order valence-electron chi connectivity index (χ2n) is 4.08. The van der Waals surface area contributed by atoms with Crippen LogP contribution in [0.3, 0.4) is 0 Å². The molecule has 21 heavy (non-hydrogen) atoms. The highest BCUT2D eigenvalue weighted by Crippen LogP contribution is 2.24. The number of nitrogens with zero attached hydrogens (tertiary/aromatic N) is 2. The molecule has 0 fully saturated rings. The third-order valence-electron chi connectivity index (χ3n) is 2.71. The van der Waals surface area contributed by atoms with Crippen LogP contribution < -0.4 is 5.32 Å². The molecule has 0 radical (unpaired) electrons. The lowest BCUT2D eigenvalue weighted by Gasteiger charge is -1.98. The summed E-state index contributed by atoms with van der Waals surface area (Å²) >= 11 is 1.62. The molecule has 0 unspecified atom stereocenters. The molecular weight excluding hydrogens is 290 g/mol. The summed E-state index contributed by atoms with van der Waals surface area (Å²) in [5.74, 6) is 0.0906. The topological polar surface area (TPSA) is 81.2 Å². The predicted molar refractivity (Wildman–Crippen MR) is 78.2 cm³/mol. The number of amides is 1. The lowest BCUT2D eigenvalue weighted by molar-refractivity contribution is 0.0994. The molecule has 0 aliphatic heterocycles. The molecule has 0 aliphatic rings. The van der Waals surface area contributed by atoms with Crippen molar-refractivity contribution in [2.75, 3.05) is 11.6 Å². The summed E-state index contributed by atoms with van der Waals surface area (Å²) in [6.07, 6.45) is 3.41. The normalized spacial score (nSPS) is 10.5. The summed E-state index contributed by atoms with van der Waals surface area (Å²) in [7, 11) is 0. The third kappa shape index (κ3) is 2.97. The van der Waals surface area contributed by atoms with E-state index in [1.54, 1.807) is 23.9 Å². The molecule has 106 valence electrons. The summed E-state index contributed by atoms with van der Waals surface area (Å²) < 4.78 is 10.4. The molecule has 1 N–H and O–H groups in total. The van der Waals surface area contributed by atoms with Crippen molar-refractivity contribution in [3.05, 3.63) is 48.4 Å². The van der Waals surface area contributed by atoms with Gasteiger partial charge in [0.15, 0.2) is 5.76 Å². The fourth-order valence-electron chi connectivity index (χ4n) is 1.71. The second-order valence-corrected chi connectivity index (χ2v) is 4.96. The maximum atomic E-state index is 11.8. The van der Waals surface area contributed by atoms with Gasteiger partial charge in [0.25, 0.3) is 5.91 Å². The average Bonchev–Trinajstić information content (AvgIpc) is 3.18. The molecular formula is C14H11N3O3S. The van der Waals surface area contributed by atoms with E-state index in [-0.39, 0.29) is 11.8 Å². The molecule has 6 nitrogen and oxygen atoms in total.